The van der Waals surface area contributed by atoms with Crippen LogP contribution in [0, 0.1) is 12.7 Å². The van der Waals surface area contributed by atoms with Crippen LogP contribution in [0.3, 0.4) is 0 Å². The van der Waals surface area contributed by atoms with Crippen molar-refractivity contribution >= 4 is 35.6 Å². The summed E-state index contributed by atoms with van der Waals surface area (Å²) >= 11 is 11.1. The predicted octanol–water partition coefficient (Wildman–Crippen LogP) is 4.96. The van der Waals surface area contributed by atoms with Crippen LogP contribution in [0.15, 0.2) is 51.5 Å². The first-order valence-electron chi connectivity index (χ1n) is 6.43. The smallest absolute Gasteiger partial charge is 0.267 e. The summed E-state index contributed by atoms with van der Waals surface area (Å²) in [6.07, 6.45) is 0. The van der Waals surface area contributed by atoms with Crippen LogP contribution < -0.4 is 4.87 Å². The molecule has 2 nitrogen and oxygen atoms in total. The molecule has 0 aliphatic carbocycles. The second-order valence-electron chi connectivity index (χ2n) is 4.82. The summed E-state index contributed by atoms with van der Waals surface area (Å²) < 4.78 is 15.3. The van der Waals surface area contributed by atoms with Crippen molar-refractivity contribution in [1.82, 2.24) is 4.57 Å². The Labute approximate surface area is 141 Å². The molecule has 0 saturated heterocycles. The van der Waals surface area contributed by atoms with Crippen molar-refractivity contribution in [2.45, 2.75) is 11.8 Å². The molecule has 112 valence electrons. The fraction of sp³-hybridized carbons (Fsp3) is 0.0625. The van der Waals surface area contributed by atoms with Crippen LogP contribution in [0.5, 0.6) is 0 Å². The number of aryl methyl sites for hydroxylation is 1. The average molecular weight is 352 g/mol. The van der Waals surface area contributed by atoms with Gasteiger partial charge in [-0.15, -0.1) is 12.6 Å². The third-order valence-electron chi connectivity index (χ3n) is 3.34. The Hall–Kier alpha value is -1.56. The standard InChI is InChI=1S/C16H11ClFNOS2/c1-9-6-11(3-4-12(9)17)19-14(8-22-16(19)20)10-2-5-15(21)13(18)7-10/h2-8,21H,1H3. The molecular formula is C16H11ClFNOS2. The Balaban J connectivity index is 2.21. The van der Waals surface area contributed by atoms with E-state index >= 15 is 0 Å². The molecule has 0 spiro atoms. The van der Waals surface area contributed by atoms with Crippen LogP contribution in [0.25, 0.3) is 16.9 Å². The largest absolute Gasteiger partial charge is 0.312 e. The number of thiol groups is 1. The van der Waals surface area contributed by atoms with E-state index in [1.165, 1.54) is 6.07 Å². The molecule has 0 bridgehead atoms. The minimum atomic E-state index is -0.418. The summed E-state index contributed by atoms with van der Waals surface area (Å²) in [6, 6.07) is 10.1. The highest BCUT2D eigenvalue weighted by Crippen LogP contribution is 2.27. The first kappa shape index (κ1) is 15.3. The number of hydrogen-bond acceptors (Lipinski definition) is 3. The first-order valence-corrected chi connectivity index (χ1v) is 8.14. The molecule has 0 atom stereocenters. The Morgan fingerprint density at radius 2 is 2.00 bits per heavy atom. The van der Waals surface area contributed by atoms with E-state index in [1.807, 2.05) is 13.0 Å². The van der Waals surface area contributed by atoms with Gasteiger partial charge in [0, 0.05) is 20.9 Å². The zero-order chi connectivity index (χ0) is 15.9. The molecule has 0 saturated carbocycles. The van der Waals surface area contributed by atoms with Gasteiger partial charge in [-0.3, -0.25) is 9.36 Å². The molecule has 0 N–H and O–H groups in total. The first-order chi connectivity index (χ1) is 10.5. The van der Waals surface area contributed by atoms with Crippen LogP contribution >= 0.6 is 35.6 Å². The molecule has 0 aliphatic rings. The van der Waals surface area contributed by atoms with Crippen molar-refractivity contribution in [2.24, 2.45) is 0 Å². The number of aromatic nitrogens is 1. The maximum absolute atomic E-state index is 13.7. The third kappa shape index (κ3) is 2.72. The van der Waals surface area contributed by atoms with Gasteiger partial charge in [-0.25, -0.2) is 4.39 Å². The maximum atomic E-state index is 13.7. The van der Waals surface area contributed by atoms with E-state index in [4.69, 9.17) is 11.6 Å². The molecule has 2 aromatic carbocycles. The predicted molar refractivity (Wildman–Crippen MR) is 92.3 cm³/mol. The van der Waals surface area contributed by atoms with Gasteiger partial charge < -0.3 is 0 Å². The van der Waals surface area contributed by atoms with Gasteiger partial charge in [0.25, 0.3) is 0 Å². The quantitative estimate of drug-likeness (QED) is 0.648. The summed E-state index contributed by atoms with van der Waals surface area (Å²) in [5.74, 6) is -0.418. The lowest BCUT2D eigenvalue weighted by Crippen LogP contribution is -2.12. The molecule has 0 aliphatic heterocycles. The molecule has 1 heterocycles. The van der Waals surface area contributed by atoms with E-state index in [2.05, 4.69) is 12.6 Å². The number of thiazole rings is 1. The topological polar surface area (TPSA) is 22.0 Å². The molecule has 0 fully saturated rings. The van der Waals surface area contributed by atoms with Gasteiger partial charge in [-0.05, 0) is 42.8 Å². The van der Waals surface area contributed by atoms with E-state index in [-0.39, 0.29) is 9.77 Å². The van der Waals surface area contributed by atoms with Gasteiger partial charge in [0.15, 0.2) is 0 Å². The van der Waals surface area contributed by atoms with E-state index < -0.39 is 5.82 Å². The number of benzene rings is 2. The highest BCUT2D eigenvalue weighted by atomic mass is 35.5. The molecule has 1 aromatic heterocycles. The fourth-order valence-electron chi connectivity index (χ4n) is 2.19. The van der Waals surface area contributed by atoms with Crippen molar-refractivity contribution in [3.63, 3.8) is 0 Å². The van der Waals surface area contributed by atoms with Crippen LogP contribution in [-0.2, 0) is 0 Å². The molecule has 0 amide bonds. The van der Waals surface area contributed by atoms with Crippen LogP contribution in [0.4, 0.5) is 4.39 Å². The highest BCUT2D eigenvalue weighted by Gasteiger charge is 2.13. The molecule has 6 heteroatoms. The Morgan fingerprint density at radius 3 is 2.68 bits per heavy atom. The Kier molecular flexibility index (Phi) is 4.12. The normalized spacial score (nSPS) is 10.9. The minimum Gasteiger partial charge on any atom is -0.267 e. The number of halogens is 2. The van der Waals surface area contributed by atoms with Gasteiger partial charge in [0.1, 0.15) is 5.82 Å². The number of hydrogen-bond donors (Lipinski definition) is 1. The Morgan fingerprint density at radius 1 is 1.23 bits per heavy atom. The van der Waals surface area contributed by atoms with E-state index in [1.54, 1.807) is 34.2 Å². The van der Waals surface area contributed by atoms with Gasteiger partial charge in [-0.1, -0.05) is 29.0 Å². The monoisotopic (exact) mass is 351 g/mol. The summed E-state index contributed by atoms with van der Waals surface area (Å²) in [6.45, 7) is 1.87. The highest BCUT2D eigenvalue weighted by molar-refractivity contribution is 7.80. The molecule has 3 aromatic rings. The third-order valence-corrected chi connectivity index (χ3v) is 4.85. The summed E-state index contributed by atoms with van der Waals surface area (Å²) in [5, 5.41) is 2.36. The molecule has 0 radical (unpaired) electrons. The molecule has 22 heavy (non-hydrogen) atoms. The molecular weight excluding hydrogens is 341 g/mol. The zero-order valence-electron chi connectivity index (χ0n) is 11.5. The molecule has 3 rings (SSSR count). The summed E-state index contributed by atoms with van der Waals surface area (Å²) in [7, 11) is 0. The fourth-order valence-corrected chi connectivity index (χ4v) is 3.21. The minimum absolute atomic E-state index is 0.132. The second kappa shape index (κ2) is 5.91. The second-order valence-corrected chi connectivity index (χ2v) is 6.53. The van der Waals surface area contributed by atoms with Crippen LogP contribution in [0.1, 0.15) is 5.56 Å². The lowest BCUT2D eigenvalue weighted by Gasteiger charge is -2.10. The lowest BCUT2D eigenvalue weighted by molar-refractivity contribution is 0.603. The summed E-state index contributed by atoms with van der Waals surface area (Å²) in [4.78, 5) is 12.3. The van der Waals surface area contributed by atoms with Crippen molar-refractivity contribution in [3.05, 3.63) is 67.8 Å². The summed E-state index contributed by atoms with van der Waals surface area (Å²) in [5.41, 5.74) is 2.85. The van der Waals surface area contributed by atoms with Crippen molar-refractivity contribution in [3.8, 4) is 16.9 Å². The van der Waals surface area contributed by atoms with Crippen molar-refractivity contribution < 1.29 is 4.39 Å². The van der Waals surface area contributed by atoms with Gasteiger partial charge >= 0.3 is 4.87 Å². The average Bonchev–Trinajstić information content (AvgIpc) is 2.87. The Bertz CT molecular complexity index is 917. The van der Waals surface area contributed by atoms with Crippen molar-refractivity contribution in [2.75, 3.05) is 0 Å². The van der Waals surface area contributed by atoms with E-state index in [9.17, 15) is 9.18 Å². The van der Waals surface area contributed by atoms with Gasteiger partial charge in [0.2, 0.25) is 0 Å². The van der Waals surface area contributed by atoms with Crippen molar-refractivity contribution in [1.29, 1.82) is 0 Å². The number of rotatable bonds is 2. The zero-order valence-corrected chi connectivity index (χ0v) is 14.0. The van der Waals surface area contributed by atoms with Gasteiger partial charge in [0.05, 0.1) is 11.4 Å². The van der Waals surface area contributed by atoms with E-state index in [0.29, 0.717) is 22.0 Å². The maximum Gasteiger partial charge on any atom is 0.312 e. The van der Waals surface area contributed by atoms with Gasteiger partial charge in [-0.2, -0.15) is 0 Å². The van der Waals surface area contributed by atoms with Crippen LogP contribution in [-0.4, -0.2) is 4.57 Å². The lowest BCUT2D eigenvalue weighted by atomic mass is 10.1. The van der Waals surface area contributed by atoms with Crippen LogP contribution in [0.2, 0.25) is 5.02 Å². The SMILES string of the molecule is Cc1cc(-n2c(-c3ccc(S)c(F)c3)csc2=O)ccc1Cl. The van der Waals surface area contributed by atoms with E-state index in [0.717, 1.165) is 16.9 Å². The molecule has 0 unspecified atom stereocenters. The number of nitrogens with zero attached hydrogens (tertiary/aromatic N) is 1.